The zero-order valence-corrected chi connectivity index (χ0v) is 12.1. The molecular weight excluding hydrogens is 242 g/mol. The van der Waals surface area contributed by atoms with Crippen molar-refractivity contribution < 1.29 is 14.6 Å². The van der Waals surface area contributed by atoms with Crippen LogP contribution >= 0.6 is 0 Å². The highest BCUT2D eigenvalue weighted by atomic mass is 16.5. The summed E-state index contributed by atoms with van der Waals surface area (Å²) in [6.07, 6.45) is 0.629. The molecule has 106 valence electrons. The summed E-state index contributed by atoms with van der Waals surface area (Å²) < 4.78 is 5.20. The Morgan fingerprint density at radius 2 is 2.11 bits per heavy atom. The predicted molar refractivity (Wildman–Crippen MR) is 75.4 cm³/mol. The van der Waals surface area contributed by atoms with Gasteiger partial charge in [0.25, 0.3) is 0 Å². The molecule has 4 nitrogen and oxygen atoms in total. The SMILES string of the molecule is COc1ccc(CNC(CC(C)C)C(=O)O)cc1C. The number of methoxy groups -OCH3 is 1. The molecule has 1 rings (SSSR count). The second-order valence-corrected chi connectivity index (χ2v) is 5.21. The number of carboxylic acids is 1. The summed E-state index contributed by atoms with van der Waals surface area (Å²) in [4.78, 5) is 11.1. The number of nitrogens with one attached hydrogen (secondary N) is 1. The molecule has 19 heavy (non-hydrogen) atoms. The van der Waals surface area contributed by atoms with Crippen LogP contribution in [-0.4, -0.2) is 24.2 Å². The van der Waals surface area contributed by atoms with Gasteiger partial charge in [-0.25, -0.2) is 0 Å². The second kappa shape index (κ2) is 7.14. The van der Waals surface area contributed by atoms with Crippen LogP contribution in [0.4, 0.5) is 0 Å². The average molecular weight is 265 g/mol. The molecule has 0 amide bonds. The van der Waals surface area contributed by atoms with Crippen molar-refractivity contribution in [2.75, 3.05) is 7.11 Å². The lowest BCUT2D eigenvalue weighted by atomic mass is 10.0. The normalized spacial score (nSPS) is 12.5. The van der Waals surface area contributed by atoms with Crippen molar-refractivity contribution in [3.8, 4) is 5.75 Å². The Morgan fingerprint density at radius 3 is 2.58 bits per heavy atom. The lowest BCUT2D eigenvalue weighted by molar-refractivity contribution is -0.140. The van der Waals surface area contributed by atoms with Crippen molar-refractivity contribution in [1.82, 2.24) is 5.32 Å². The molecule has 0 aliphatic rings. The van der Waals surface area contributed by atoms with E-state index in [1.165, 1.54) is 0 Å². The van der Waals surface area contributed by atoms with Gasteiger partial charge in [0.15, 0.2) is 0 Å². The van der Waals surface area contributed by atoms with E-state index in [2.05, 4.69) is 5.32 Å². The largest absolute Gasteiger partial charge is 0.496 e. The molecule has 0 aromatic heterocycles. The number of hydrogen-bond donors (Lipinski definition) is 2. The third-order valence-corrected chi connectivity index (χ3v) is 3.02. The van der Waals surface area contributed by atoms with E-state index in [9.17, 15) is 4.79 Å². The Bertz CT molecular complexity index is 429. The number of benzene rings is 1. The maximum Gasteiger partial charge on any atom is 0.320 e. The molecule has 1 unspecified atom stereocenters. The van der Waals surface area contributed by atoms with Crippen LogP contribution in [-0.2, 0) is 11.3 Å². The molecule has 0 radical (unpaired) electrons. The number of hydrogen-bond acceptors (Lipinski definition) is 3. The van der Waals surface area contributed by atoms with E-state index in [1.807, 2.05) is 39.0 Å². The van der Waals surface area contributed by atoms with Crippen molar-refractivity contribution in [3.05, 3.63) is 29.3 Å². The van der Waals surface area contributed by atoms with Gasteiger partial charge >= 0.3 is 5.97 Å². The molecule has 0 aliphatic carbocycles. The zero-order valence-electron chi connectivity index (χ0n) is 12.1. The van der Waals surface area contributed by atoms with E-state index in [4.69, 9.17) is 9.84 Å². The maximum atomic E-state index is 11.1. The molecule has 0 saturated carbocycles. The molecule has 0 heterocycles. The summed E-state index contributed by atoms with van der Waals surface area (Å²) in [5, 5.41) is 12.2. The van der Waals surface area contributed by atoms with Crippen LogP contribution in [0.3, 0.4) is 0 Å². The van der Waals surface area contributed by atoms with Crippen molar-refractivity contribution in [1.29, 1.82) is 0 Å². The van der Waals surface area contributed by atoms with Crippen LogP contribution in [0.5, 0.6) is 5.75 Å². The van der Waals surface area contributed by atoms with Gasteiger partial charge in [-0.3, -0.25) is 4.79 Å². The topological polar surface area (TPSA) is 58.6 Å². The summed E-state index contributed by atoms with van der Waals surface area (Å²) in [6, 6.07) is 5.38. The molecular formula is C15H23NO3. The van der Waals surface area contributed by atoms with Gasteiger partial charge in [0.05, 0.1) is 7.11 Å². The first kappa shape index (κ1) is 15.5. The highest BCUT2D eigenvalue weighted by Crippen LogP contribution is 2.18. The lowest BCUT2D eigenvalue weighted by Crippen LogP contribution is -2.37. The van der Waals surface area contributed by atoms with Crippen molar-refractivity contribution in [3.63, 3.8) is 0 Å². The second-order valence-electron chi connectivity index (χ2n) is 5.21. The lowest BCUT2D eigenvalue weighted by Gasteiger charge is -2.17. The van der Waals surface area contributed by atoms with E-state index in [-0.39, 0.29) is 0 Å². The van der Waals surface area contributed by atoms with E-state index in [1.54, 1.807) is 7.11 Å². The first-order valence-electron chi connectivity index (χ1n) is 6.53. The van der Waals surface area contributed by atoms with Crippen molar-refractivity contribution in [2.45, 2.75) is 39.8 Å². The average Bonchev–Trinajstić information content (AvgIpc) is 2.34. The van der Waals surface area contributed by atoms with Crippen LogP contribution < -0.4 is 10.1 Å². The number of carboxylic acid groups (broad SMARTS) is 1. The Kier molecular flexibility index (Phi) is 5.83. The third-order valence-electron chi connectivity index (χ3n) is 3.02. The van der Waals surface area contributed by atoms with Crippen LogP contribution in [0.25, 0.3) is 0 Å². The van der Waals surface area contributed by atoms with Gasteiger partial charge < -0.3 is 15.2 Å². The number of ether oxygens (including phenoxy) is 1. The summed E-state index contributed by atoms with van der Waals surface area (Å²) in [6.45, 7) is 6.57. The molecule has 2 N–H and O–H groups in total. The van der Waals surface area contributed by atoms with E-state index < -0.39 is 12.0 Å². The summed E-state index contributed by atoms with van der Waals surface area (Å²) in [7, 11) is 1.64. The van der Waals surface area contributed by atoms with Gasteiger partial charge in [-0.1, -0.05) is 26.0 Å². The molecule has 0 bridgehead atoms. The van der Waals surface area contributed by atoms with E-state index in [0.29, 0.717) is 18.9 Å². The molecule has 0 fully saturated rings. The molecule has 1 aromatic carbocycles. The Morgan fingerprint density at radius 1 is 1.42 bits per heavy atom. The van der Waals surface area contributed by atoms with Crippen LogP contribution in [0.15, 0.2) is 18.2 Å². The summed E-state index contributed by atoms with van der Waals surface area (Å²) >= 11 is 0. The smallest absolute Gasteiger partial charge is 0.320 e. The first-order valence-corrected chi connectivity index (χ1v) is 6.53. The Balaban J connectivity index is 2.64. The predicted octanol–water partition coefficient (Wildman–Crippen LogP) is 2.59. The summed E-state index contributed by atoms with van der Waals surface area (Å²) in [5.41, 5.74) is 2.12. The summed E-state index contributed by atoms with van der Waals surface area (Å²) in [5.74, 6) is 0.408. The number of rotatable bonds is 7. The van der Waals surface area contributed by atoms with Crippen LogP contribution in [0.2, 0.25) is 0 Å². The van der Waals surface area contributed by atoms with Gasteiger partial charge in [0.2, 0.25) is 0 Å². The highest BCUT2D eigenvalue weighted by Gasteiger charge is 2.17. The molecule has 0 aliphatic heterocycles. The van der Waals surface area contributed by atoms with Gasteiger partial charge in [0, 0.05) is 6.54 Å². The Hall–Kier alpha value is -1.55. The minimum absolute atomic E-state index is 0.353. The number of aliphatic carboxylic acids is 1. The molecule has 4 heteroatoms. The van der Waals surface area contributed by atoms with Crippen molar-refractivity contribution >= 4 is 5.97 Å². The first-order chi connectivity index (χ1) is 8.93. The molecule has 0 saturated heterocycles. The fraction of sp³-hybridized carbons (Fsp3) is 0.533. The zero-order chi connectivity index (χ0) is 14.4. The monoisotopic (exact) mass is 265 g/mol. The molecule has 0 spiro atoms. The van der Waals surface area contributed by atoms with Gasteiger partial charge in [-0.2, -0.15) is 0 Å². The Labute approximate surface area is 114 Å². The van der Waals surface area contributed by atoms with Gasteiger partial charge in [-0.05, 0) is 36.5 Å². The van der Waals surface area contributed by atoms with Crippen LogP contribution in [0, 0.1) is 12.8 Å². The minimum atomic E-state index is -0.793. The number of carbonyl (C=O) groups is 1. The van der Waals surface area contributed by atoms with Crippen LogP contribution in [0.1, 0.15) is 31.4 Å². The highest BCUT2D eigenvalue weighted by molar-refractivity contribution is 5.73. The fourth-order valence-electron chi connectivity index (χ4n) is 2.03. The van der Waals surface area contributed by atoms with Gasteiger partial charge in [0.1, 0.15) is 11.8 Å². The quantitative estimate of drug-likeness (QED) is 0.795. The van der Waals surface area contributed by atoms with Gasteiger partial charge in [-0.15, -0.1) is 0 Å². The molecule has 1 atom stereocenters. The minimum Gasteiger partial charge on any atom is -0.496 e. The molecule has 1 aromatic rings. The van der Waals surface area contributed by atoms with Crippen molar-refractivity contribution in [2.24, 2.45) is 5.92 Å². The maximum absolute atomic E-state index is 11.1. The van der Waals surface area contributed by atoms with E-state index in [0.717, 1.165) is 16.9 Å². The third kappa shape index (κ3) is 4.91. The van der Waals surface area contributed by atoms with E-state index >= 15 is 0 Å². The fourth-order valence-corrected chi connectivity index (χ4v) is 2.03. The standard InChI is InChI=1S/C15H23NO3/c1-10(2)7-13(15(17)18)16-9-12-5-6-14(19-4)11(3)8-12/h5-6,8,10,13,16H,7,9H2,1-4H3,(H,17,18). The number of aryl methyl sites for hydroxylation is 1.